The molecule has 1 atom stereocenters. The summed E-state index contributed by atoms with van der Waals surface area (Å²) >= 11 is 5.90. The number of primary sulfonamides is 1. The van der Waals surface area contributed by atoms with E-state index in [4.69, 9.17) is 21.5 Å². The van der Waals surface area contributed by atoms with Crippen LogP contribution >= 0.6 is 11.6 Å². The lowest BCUT2D eigenvalue weighted by molar-refractivity contribution is 0.280. The van der Waals surface area contributed by atoms with Crippen LogP contribution in [0, 0.1) is 12.8 Å². The number of rotatable bonds is 7. The molecule has 0 fully saturated rings. The van der Waals surface area contributed by atoms with Crippen LogP contribution in [0.3, 0.4) is 0 Å². The van der Waals surface area contributed by atoms with E-state index >= 15 is 0 Å². The Kier molecular flexibility index (Phi) is 6.10. The van der Waals surface area contributed by atoms with Crippen molar-refractivity contribution in [2.45, 2.75) is 26.7 Å². The first kappa shape index (κ1) is 16.3. The van der Waals surface area contributed by atoms with Gasteiger partial charge in [-0.3, -0.25) is 0 Å². The standard InChI is InChI=1S/C13H20ClNO3S/c1-10(6-8-19(15,16)17)5-7-18-13-9-12(14)4-3-11(13)2/h3-4,9-10H,5-8H2,1-2H3,(H2,15,16,17). The van der Waals surface area contributed by atoms with Gasteiger partial charge in [0.15, 0.2) is 0 Å². The number of benzene rings is 1. The highest BCUT2D eigenvalue weighted by Gasteiger charge is 2.09. The van der Waals surface area contributed by atoms with Gasteiger partial charge in [-0.1, -0.05) is 24.6 Å². The zero-order valence-electron chi connectivity index (χ0n) is 11.2. The van der Waals surface area contributed by atoms with Crippen molar-refractivity contribution >= 4 is 21.6 Å². The molecule has 0 radical (unpaired) electrons. The smallest absolute Gasteiger partial charge is 0.209 e. The van der Waals surface area contributed by atoms with Gasteiger partial charge < -0.3 is 4.74 Å². The van der Waals surface area contributed by atoms with Gasteiger partial charge in [-0.15, -0.1) is 0 Å². The van der Waals surface area contributed by atoms with Crippen LogP contribution in [0.1, 0.15) is 25.3 Å². The second kappa shape index (κ2) is 7.12. The predicted molar refractivity (Wildman–Crippen MR) is 78.1 cm³/mol. The summed E-state index contributed by atoms with van der Waals surface area (Å²) in [6, 6.07) is 5.51. The largest absolute Gasteiger partial charge is 0.493 e. The summed E-state index contributed by atoms with van der Waals surface area (Å²) < 4.78 is 27.3. The lowest BCUT2D eigenvalue weighted by Crippen LogP contribution is -2.18. The summed E-state index contributed by atoms with van der Waals surface area (Å²) in [6.45, 7) is 4.47. The minimum absolute atomic E-state index is 0.0182. The fourth-order valence-electron chi connectivity index (χ4n) is 1.61. The molecule has 1 aromatic rings. The van der Waals surface area contributed by atoms with Gasteiger partial charge in [0.2, 0.25) is 10.0 Å². The Morgan fingerprint density at radius 3 is 2.68 bits per heavy atom. The van der Waals surface area contributed by atoms with Crippen molar-refractivity contribution in [3.05, 3.63) is 28.8 Å². The molecular formula is C13H20ClNO3S. The molecule has 0 saturated carbocycles. The number of ether oxygens (including phenoxy) is 1. The molecule has 0 aliphatic heterocycles. The van der Waals surface area contributed by atoms with Crippen LogP contribution in [0.4, 0.5) is 0 Å². The Hall–Kier alpha value is -0.780. The molecule has 0 spiro atoms. The van der Waals surface area contributed by atoms with E-state index in [-0.39, 0.29) is 11.7 Å². The van der Waals surface area contributed by atoms with Crippen molar-refractivity contribution in [1.29, 1.82) is 0 Å². The second-order valence-corrected chi connectivity index (χ2v) is 6.98. The minimum Gasteiger partial charge on any atom is -0.493 e. The molecule has 0 aliphatic carbocycles. The maximum atomic E-state index is 10.8. The van der Waals surface area contributed by atoms with Crippen LogP contribution in [-0.2, 0) is 10.0 Å². The topological polar surface area (TPSA) is 69.4 Å². The molecule has 0 bridgehead atoms. The van der Waals surface area contributed by atoms with E-state index in [0.29, 0.717) is 18.1 Å². The lowest BCUT2D eigenvalue weighted by atomic mass is 10.1. The third-order valence-electron chi connectivity index (χ3n) is 2.91. The summed E-state index contributed by atoms with van der Waals surface area (Å²) in [4.78, 5) is 0. The number of sulfonamides is 1. The van der Waals surface area contributed by atoms with E-state index in [2.05, 4.69) is 0 Å². The first-order valence-electron chi connectivity index (χ1n) is 6.17. The summed E-state index contributed by atoms with van der Waals surface area (Å²) in [5, 5.41) is 5.61. The van der Waals surface area contributed by atoms with E-state index in [1.165, 1.54) is 0 Å². The molecule has 0 saturated heterocycles. The highest BCUT2D eigenvalue weighted by molar-refractivity contribution is 7.89. The van der Waals surface area contributed by atoms with Crippen LogP contribution in [0.5, 0.6) is 5.75 Å². The number of aryl methyl sites for hydroxylation is 1. The fourth-order valence-corrected chi connectivity index (χ4v) is 2.50. The fraction of sp³-hybridized carbons (Fsp3) is 0.538. The van der Waals surface area contributed by atoms with Crippen molar-refractivity contribution in [3.63, 3.8) is 0 Å². The van der Waals surface area contributed by atoms with Crippen molar-refractivity contribution in [3.8, 4) is 5.75 Å². The van der Waals surface area contributed by atoms with E-state index in [1.807, 2.05) is 26.0 Å². The van der Waals surface area contributed by atoms with E-state index in [0.717, 1.165) is 17.7 Å². The molecule has 4 nitrogen and oxygen atoms in total. The quantitative estimate of drug-likeness (QED) is 0.842. The van der Waals surface area contributed by atoms with Crippen LogP contribution < -0.4 is 9.88 Å². The predicted octanol–water partition coefficient (Wildman–Crippen LogP) is 2.73. The Morgan fingerprint density at radius 2 is 2.05 bits per heavy atom. The molecule has 1 unspecified atom stereocenters. The SMILES string of the molecule is Cc1ccc(Cl)cc1OCCC(C)CCS(N)(=O)=O. The zero-order chi connectivity index (χ0) is 14.5. The second-order valence-electron chi connectivity index (χ2n) is 4.81. The average molecular weight is 306 g/mol. The van der Waals surface area contributed by atoms with E-state index < -0.39 is 10.0 Å². The Labute approximate surface area is 120 Å². The molecule has 2 N–H and O–H groups in total. The average Bonchev–Trinajstić information content (AvgIpc) is 2.30. The molecule has 0 aliphatic rings. The number of hydrogen-bond donors (Lipinski definition) is 1. The van der Waals surface area contributed by atoms with Gasteiger partial charge in [0.1, 0.15) is 5.75 Å². The Bertz CT molecular complexity index is 517. The maximum Gasteiger partial charge on any atom is 0.209 e. The summed E-state index contributed by atoms with van der Waals surface area (Å²) in [5.74, 6) is 1.04. The molecule has 0 amide bonds. The molecule has 108 valence electrons. The summed E-state index contributed by atoms with van der Waals surface area (Å²) in [6.07, 6.45) is 1.33. The first-order valence-corrected chi connectivity index (χ1v) is 8.26. The van der Waals surface area contributed by atoms with Gasteiger partial charge in [0.25, 0.3) is 0 Å². The van der Waals surface area contributed by atoms with Gasteiger partial charge in [-0.05, 0) is 43.4 Å². The third kappa shape index (κ3) is 6.80. The third-order valence-corrected chi connectivity index (χ3v) is 3.95. The highest BCUT2D eigenvalue weighted by atomic mass is 35.5. The van der Waals surface area contributed by atoms with Gasteiger partial charge in [0, 0.05) is 5.02 Å². The number of nitrogens with two attached hydrogens (primary N) is 1. The van der Waals surface area contributed by atoms with Crippen LogP contribution in [0.25, 0.3) is 0 Å². The van der Waals surface area contributed by atoms with Crippen LogP contribution in [0.15, 0.2) is 18.2 Å². The number of halogens is 1. The van der Waals surface area contributed by atoms with Gasteiger partial charge in [0.05, 0.1) is 12.4 Å². The maximum absolute atomic E-state index is 10.8. The van der Waals surface area contributed by atoms with Crippen molar-refractivity contribution in [2.75, 3.05) is 12.4 Å². The van der Waals surface area contributed by atoms with Gasteiger partial charge in [-0.25, -0.2) is 13.6 Å². The highest BCUT2D eigenvalue weighted by Crippen LogP contribution is 2.23. The Balaban J connectivity index is 2.35. The van der Waals surface area contributed by atoms with Crippen molar-refractivity contribution in [2.24, 2.45) is 11.1 Å². The molecule has 0 heterocycles. The minimum atomic E-state index is -3.37. The lowest BCUT2D eigenvalue weighted by Gasteiger charge is -2.13. The summed E-state index contributed by atoms with van der Waals surface area (Å²) in [5.41, 5.74) is 1.03. The van der Waals surface area contributed by atoms with Crippen molar-refractivity contribution < 1.29 is 13.2 Å². The normalized spacial score (nSPS) is 13.3. The molecular weight excluding hydrogens is 286 g/mol. The zero-order valence-corrected chi connectivity index (χ0v) is 12.8. The first-order chi connectivity index (χ1) is 8.78. The molecule has 6 heteroatoms. The van der Waals surface area contributed by atoms with Crippen LogP contribution in [-0.4, -0.2) is 20.8 Å². The number of hydrogen-bond acceptors (Lipinski definition) is 3. The van der Waals surface area contributed by atoms with E-state index in [9.17, 15) is 8.42 Å². The van der Waals surface area contributed by atoms with Crippen molar-refractivity contribution in [1.82, 2.24) is 0 Å². The van der Waals surface area contributed by atoms with Gasteiger partial charge in [-0.2, -0.15) is 0 Å². The molecule has 1 rings (SSSR count). The molecule has 0 aromatic heterocycles. The molecule has 19 heavy (non-hydrogen) atoms. The molecule has 1 aromatic carbocycles. The monoisotopic (exact) mass is 305 g/mol. The van der Waals surface area contributed by atoms with Gasteiger partial charge >= 0.3 is 0 Å². The van der Waals surface area contributed by atoms with Crippen LogP contribution in [0.2, 0.25) is 5.02 Å². The Morgan fingerprint density at radius 1 is 1.37 bits per heavy atom. The van der Waals surface area contributed by atoms with E-state index in [1.54, 1.807) is 6.07 Å². The summed E-state index contributed by atoms with van der Waals surface area (Å²) in [7, 11) is -3.37.